The number of nitrogens with zero attached hydrogens (tertiary/aromatic N) is 1. The van der Waals surface area contributed by atoms with Crippen LogP contribution in [0.5, 0.6) is 0 Å². The molecule has 0 saturated heterocycles. The van der Waals surface area contributed by atoms with Crippen molar-refractivity contribution < 1.29 is 4.39 Å². The van der Waals surface area contributed by atoms with Gasteiger partial charge < -0.3 is 4.90 Å². The zero-order chi connectivity index (χ0) is 16.2. The number of aryl methyl sites for hydroxylation is 2. The molecule has 0 unspecified atom stereocenters. The molecular formula is C20H22FNS. The second-order valence-electron chi connectivity index (χ2n) is 6.18. The predicted octanol–water partition coefficient (Wildman–Crippen LogP) is 4.93. The standard InChI is InChI=1S/C20H22FNS/c1-22(2)14-13-20-18(17-5-3-4-6-19(17)23-20)12-9-15-7-10-16(21)11-8-15/h3-8,10-11H,9,12-14H2,1-2H3. The highest BCUT2D eigenvalue weighted by Crippen LogP contribution is 2.32. The molecule has 1 nitrogen and oxygen atoms in total. The van der Waals surface area contributed by atoms with E-state index >= 15 is 0 Å². The highest BCUT2D eigenvalue weighted by Gasteiger charge is 2.12. The van der Waals surface area contributed by atoms with E-state index < -0.39 is 0 Å². The van der Waals surface area contributed by atoms with E-state index in [0.717, 1.165) is 25.8 Å². The van der Waals surface area contributed by atoms with Gasteiger partial charge in [0.15, 0.2) is 0 Å². The number of rotatable bonds is 6. The SMILES string of the molecule is CN(C)CCc1sc2ccccc2c1CCc1ccc(F)cc1. The Labute approximate surface area is 141 Å². The van der Waals surface area contributed by atoms with E-state index in [0.29, 0.717) is 0 Å². The molecule has 3 rings (SSSR count). The molecule has 3 heteroatoms. The Morgan fingerprint density at radius 3 is 2.39 bits per heavy atom. The molecular weight excluding hydrogens is 305 g/mol. The number of thiophene rings is 1. The normalized spacial score (nSPS) is 11.5. The van der Waals surface area contributed by atoms with Gasteiger partial charge >= 0.3 is 0 Å². The maximum absolute atomic E-state index is 13.0. The monoisotopic (exact) mass is 327 g/mol. The average Bonchev–Trinajstić information content (AvgIpc) is 2.90. The van der Waals surface area contributed by atoms with Crippen LogP contribution in [0.3, 0.4) is 0 Å². The summed E-state index contributed by atoms with van der Waals surface area (Å²) >= 11 is 1.92. The number of likely N-dealkylation sites (N-methyl/N-ethyl adjacent to an activating group) is 1. The summed E-state index contributed by atoms with van der Waals surface area (Å²) in [5.41, 5.74) is 2.66. The maximum Gasteiger partial charge on any atom is 0.123 e. The Hall–Kier alpha value is -1.71. The van der Waals surface area contributed by atoms with Crippen molar-refractivity contribution in [2.45, 2.75) is 19.3 Å². The van der Waals surface area contributed by atoms with Gasteiger partial charge in [-0.25, -0.2) is 4.39 Å². The topological polar surface area (TPSA) is 3.24 Å². The Morgan fingerprint density at radius 2 is 1.65 bits per heavy atom. The second-order valence-corrected chi connectivity index (χ2v) is 7.32. The summed E-state index contributed by atoms with van der Waals surface area (Å²) < 4.78 is 14.4. The molecule has 0 aliphatic rings. The van der Waals surface area contributed by atoms with Crippen LogP contribution in [-0.4, -0.2) is 25.5 Å². The van der Waals surface area contributed by atoms with E-state index in [1.165, 1.54) is 26.1 Å². The predicted molar refractivity (Wildman–Crippen MR) is 97.9 cm³/mol. The first-order chi connectivity index (χ1) is 11.1. The smallest absolute Gasteiger partial charge is 0.123 e. The van der Waals surface area contributed by atoms with Crippen LogP contribution in [0.2, 0.25) is 0 Å². The van der Waals surface area contributed by atoms with Crippen molar-refractivity contribution in [1.82, 2.24) is 4.90 Å². The van der Waals surface area contributed by atoms with Gasteiger partial charge in [-0.05, 0) is 68.1 Å². The third kappa shape index (κ3) is 3.98. The molecule has 2 aromatic carbocycles. The first-order valence-corrected chi connectivity index (χ1v) is 8.83. The minimum atomic E-state index is -0.165. The lowest BCUT2D eigenvalue weighted by Gasteiger charge is -2.10. The summed E-state index contributed by atoms with van der Waals surface area (Å²) in [6, 6.07) is 15.5. The van der Waals surface area contributed by atoms with E-state index in [-0.39, 0.29) is 5.82 Å². The average molecular weight is 327 g/mol. The summed E-state index contributed by atoms with van der Waals surface area (Å²) in [4.78, 5) is 3.72. The van der Waals surface area contributed by atoms with Gasteiger partial charge in [0.2, 0.25) is 0 Å². The fourth-order valence-electron chi connectivity index (χ4n) is 2.87. The minimum absolute atomic E-state index is 0.165. The summed E-state index contributed by atoms with van der Waals surface area (Å²) in [6.45, 7) is 1.07. The van der Waals surface area contributed by atoms with Gasteiger partial charge in [-0.3, -0.25) is 0 Å². The summed E-state index contributed by atoms with van der Waals surface area (Å²) in [6.07, 6.45) is 3.06. The Morgan fingerprint density at radius 1 is 0.913 bits per heavy atom. The molecule has 120 valence electrons. The van der Waals surface area contributed by atoms with Crippen LogP contribution in [0.4, 0.5) is 4.39 Å². The van der Waals surface area contributed by atoms with Crippen LogP contribution in [-0.2, 0) is 19.3 Å². The molecule has 0 spiro atoms. The van der Waals surface area contributed by atoms with Gasteiger partial charge in [0.05, 0.1) is 0 Å². The Kier molecular flexibility index (Phi) is 5.09. The minimum Gasteiger partial charge on any atom is -0.309 e. The molecule has 0 aliphatic heterocycles. The lowest BCUT2D eigenvalue weighted by Crippen LogP contribution is -2.15. The van der Waals surface area contributed by atoms with Crippen molar-refractivity contribution in [1.29, 1.82) is 0 Å². The highest BCUT2D eigenvalue weighted by molar-refractivity contribution is 7.19. The van der Waals surface area contributed by atoms with Crippen LogP contribution in [0, 0.1) is 5.82 Å². The van der Waals surface area contributed by atoms with Crippen LogP contribution in [0.15, 0.2) is 48.5 Å². The zero-order valence-electron chi connectivity index (χ0n) is 13.7. The second kappa shape index (κ2) is 7.24. The first kappa shape index (κ1) is 16.2. The fraction of sp³-hybridized carbons (Fsp3) is 0.300. The van der Waals surface area contributed by atoms with E-state index in [1.54, 1.807) is 12.1 Å². The van der Waals surface area contributed by atoms with Crippen molar-refractivity contribution in [3.05, 3.63) is 70.4 Å². The molecule has 0 radical (unpaired) electrons. The Balaban J connectivity index is 1.84. The van der Waals surface area contributed by atoms with Crippen molar-refractivity contribution in [2.75, 3.05) is 20.6 Å². The summed E-state index contributed by atoms with van der Waals surface area (Å²) in [5, 5.41) is 1.38. The molecule has 0 atom stereocenters. The van der Waals surface area contributed by atoms with Gasteiger partial charge in [0, 0.05) is 16.1 Å². The van der Waals surface area contributed by atoms with Gasteiger partial charge in [-0.2, -0.15) is 0 Å². The van der Waals surface area contributed by atoms with Crippen molar-refractivity contribution in [3.8, 4) is 0 Å². The molecule has 0 amide bonds. The molecule has 0 bridgehead atoms. The lowest BCUT2D eigenvalue weighted by atomic mass is 10.0. The number of fused-ring (bicyclic) bond motifs is 1. The number of halogens is 1. The molecule has 0 aliphatic carbocycles. The van der Waals surface area contributed by atoms with Gasteiger partial charge in [-0.1, -0.05) is 30.3 Å². The number of benzene rings is 2. The largest absolute Gasteiger partial charge is 0.309 e. The van der Waals surface area contributed by atoms with Gasteiger partial charge in [0.1, 0.15) is 5.82 Å². The van der Waals surface area contributed by atoms with Gasteiger partial charge in [-0.15, -0.1) is 11.3 Å². The van der Waals surface area contributed by atoms with Gasteiger partial charge in [0.25, 0.3) is 0 Å². The lowest BCUT2D eigenvalue weighted by molar-refractivity contribution is 0.414. The molecule has 1 heterocycles. The highest BCUT2D eigenvalue weighted by atomic mass is 32.1. The number of hydrogen-bond acceptors (Lipinski definition) is 2. The Bertz CT molecular complexity index is 774. The van der Waals surface area contributed by atoms with Crippen LogP contribution in [0.1, 0.15) is 16.0 Å². The third-order valence-electron chi connectivity index (χ3n) is 4.14. The first-order valence-electron chi connectivity index (χ1n) is 8.02. The number of hydrogen-bond donors (Lipinski definition) is 0. The van der Waals surface area contributed by atoms with E-state index in [9.17, 15) is 4.39 Å². The van der Waals surface area contributed by atoms with Crippen LogP contribution >= 0.6 is 11.3 Å². The molecule has 23 heavy (non-hydrogen) atoms. The molecule has 3 aromatic rings. The van der Waals surface area contributed by atoms with E-state index in [4.69, 9.17) is 0 Å². The quantitative estimate of drug-likeness (QED) is 0.620. The zero-order valence-corrected chi connectivity index (χ0v) is 14.5. The van der Waals surface area contributed by atoms with Crippen LogP contribution in [0.25, 0.3) is 10.1 Å². The summed E-state index contributed by atoms with van der Waals surface area (Å²) in [7, 11) is 4.23. The van der Waals surface area contributed by atoms with Crippen molar-refractivity contribution in [2.24, 2.45) is 0 Å². The van der Waals surface area contributed by atoms with E-state index in [2.05, 4.69) is 43.3 Å². The van der Waals surface area contributed by atoms with Crippen molar-refractivity contribution in [3.63, 3.8) is 0 Å². The molecule has 0 fully saturated rings. The maximum atomic E-state index is 13.0. The third-order valence-corrected chi connectivity index (χ3v) is 5.42. The summed E-state index contributed by atoms with van der Waals surface area (Å²) in [5.74, 6) is -0.165. The molecule has 0 N–H and O–H groups in total. The fourth-order valence-corrected chi connectivity index (χ4v) is 4.11. The molecule has 1 aromatic heterocycles. The molecule has 0 saturated carbocycles. The van der Waals surface area contributed by atoms with Crippen LogP contribution < -0.4 is 0 Å². The van der Waals surface area contributed by atoms with Crippen molar-refractivity contribution >= 4 is 21.4 Å². The van der Waals surface area contributed by atoms with E-state index in [1.807, 2.05) is 23.5 Å².